The van der Waals surface area contributed by atoms with E-state index in [0.29, 0.717) is 5.69 Å². The summed E-state index contributed by atoms with van der Waals surface area (Å²) in [5.41, 5.74) is -2.50. The number of alkyl halides is 3. The second kappa shape index (κ2) is 6.63. The average Bonchev–Trinajstić information content (AvgIpc) is 2.69. The SMILES string of the molecule is Fc1ccc(NC2=NC(c3ccccc3)(C(F)(F)F)N=C3C=CC=CN32)cc1. The summed E-state index contributed by atoms with van der Waals surface area (Å²) in [6.07, 6.45) is 1.51. The number of nitrogens with one attached hydrogen (secondary N) is 1. The Balaban J connectivity index is 1.87. The summed E-state index contributed by atoms with van der Waals surface area (Å²) >= 11 is 0. The van der Waals surface area contributed by atoms with E-state index in [2.05, 4.69) is 15.3 Å². The number of guanidine groups is 1. The first-order chi connectivity index (χ1) is 13.4. The molecule has 4 nitrogen and oxygen atoms in total. The maximum Gasteiger partial charge on any atom is 0.438 e. The van der Waals surface area contributed by atoms with Crippen LogP contribution >= 0.6 is 0 Å². The van der Waals surface area contributed by atoms with Gasteiger partial charge in [-0.15, -0.1) is 0 Å². The van der Waals surface area contributed by atoms with E-state index in [1.54, 1.807) is 24.4 Å². The minimum absolute atomic E-state index is 0.0709. The van der Waals surface area contributed by atoms with E-state index in [1.165, 1.54) is 59.5 Å². The van der Waals surface area contributed by atoms with Gasteiger partial charge in [0.2, 0.25) is 5.96 Å². The second-order valence-electron chi connectivity index (χ2n) is 6.14. The van der Waals surface area contributed by atoms with E-state index < -0.39 is 17.7 Å². The van der Waals surface area contributed by atoms with Gasteiger partial charge >= 0.3 is 6.18 Å². The van der Waals surface area contributed by atoms with Crippen LogP contribution in [0.1, 0.15) is 5.56 Å². The summed E-state index contributed by atoms with van der Waals surface area (Å²) in [5, 5.41) is 2.85. The Morgan fingerprint density at radius 2 is 1.61 bits per heavy atom. The van der Waals surface area contributed by atoms with Gasteiger partial charge in [0, 0.05) is 17.5 Å². The molecule has 0 amide bonds. The fourth-order valence-electron chi connectivity index (χ4n) is 2.94. The van der Waals surface area contributed by atoms with E-state index in [1.807, 2.05) is 0 Å². The zero-order chi connectivity index (χ0) is 19.8. The van der Waals surface area contributed by atoms with Crippen molar-refractivity contribution in [1.82, 2.24) is 4.90 Å². The lowest BCUT2D eigenvalue weighted by atomic mass is 9.99. The van der Waals surface area contributed by atoms with Crippen molar-refractivity contribution < 1.29 is 17.6 Å². The first-order valence-corrected chi connectivity index (χ1v) is 8.38. The van der Waals surface area contributed by atoms with Crippen LogP contribution in [0.5, 0.6) is 0 Å². The third-order valence-electron chi connectivity index (χ3n) is 4.28. The third kappa shape index (κ3) is 3.06. The number of fused-ring (bicyclic) bond motifs is 1. The number of amidine groups is 1. The topological polar surface area (TPSA) is 40.0 Å². The fraction of sp³-hybridized carbons (Fsp3) is 0.100. The molecular weight excluding hydrogens is 372 g/mol. The molecule has 2 aromatic rings. The van der Waals surface area contributed by atoms with Crippen molar-refractivity contribution in [2.45, 2.75) is 11.8 Å². The van der Waals surface area contributed by atoms with Gasteiger partial charge in [-0.3, -0.25) is 4.90 Å². The smallest absolute Gasteiger partial charge is 0.325 e. The van der Waals surface area contributed by atoms with Crippen molar-refractivity contribution in [2.75, 3.05) is 5.32 Å². The predicted molar refractivity (Wildman–Crippen MR) is 99.2 cm³/mol. The molecule has 0 bridgehead atoms. The van der Waals surface area contributed by atoms with E-state index in [0.717, 1.165) is 0 Å². The van der Waals surface area contributed by atoms with Gasteiger partial charge in [-0.05, 0) is 36.4 Å². The molecule has 0 fully saturated rings. The van der Waals surface area contributed by atoms with Crippen LogP contribution < -0.4 is 5.32 Å². The van der Waals surface area contributed by atoms with Crippen molar-refractivity contribution in [3.05, 3.63) is 90.4 Å². The number of benzene rings is 2. The number of rotatable bonds is 2. The molecule has 0 saturated carbocycles. The van der Waals surface area contributed by atoms with Crippen molar-refractivity contribution in [1.29, 1.82) is 0 Å². The monoisotopic (exact) mass is 386 g/mol. The highest BCUT2D eigenvalue weighted by Gasteiger charge is 2.59. The normalized spacial score (nSPS) is 21.1. The minimum Gasteiger partial charge on any atom is -0.325 e. The number of anilines is 1. The maximum atomic E-state index is 14.3. The molecule has 2 aromatic carbocycles. The molecule has 0 aliphatic carbocycles. The summed E-state index contributed by atoms with van der Waals surface area (Å²) in [5.74, 6) is -0.435. The Hall–Kier alpha value is -3.42. The van der Waals surface area contributed by atoms with Crippen LogP contribution in [-0.4, -0.2) is 22.9 Å². The van der Waals surface area contributed by atoms with Gasteiger partial charge in [0.25, 0.3) is 5.66 Å². The Morgan fingerprint density at radius 3 is 2.29 bits per heavy atom. The maximum absolute atomic E-state index is 14.3. The highest BCUT2D eigenvalue weighted by Crippen LogP contribution is 2.46. The summed E-state index contributed by atoms with van der Waals surface area (Å²) in [7, 11) is 0. The Kier molecular flexibility index (Phi) is 4.26. The van der Waals surface area contributed by atoms with E-state index >= 15 is 0 Å². The number of aliphatic imine (C=N–C) groups is 2. The molecule has 0 aromatic heterocycles. The van der Waals surface area contributed by atoms with Gasteiger partial charge in [0.15, 0.2) is 0 Å². The Morgan fingerprint density at radius 1 is 0.893 bits per heavy atom. The Labute approximate surface area is 158 Å². The van der Waals surface area contributed by atoms with E-state index in [9.17, 15) is 17.6 Å². The van der Waals surface area contributed by atoms with Crippen LogP contribution in [0, 0.1) is 5.82 Å². The highest BCUT2D eigenvalue weighted by atomic mass is 19.4. The molecule has 28 heavy (non-hydrogen) atoms. The molecule has 0 spiro atoms. The summed E-state index contributed by atoms with van der Waals surface area (Å²) in [6.45, 7) is 0. The number of halogens is 4. The van der Waals surface area contributed by atoms with Crippen molar-refractivity contribution in [2.24, 2.45) is 9.98 Å². The number of allylic oxidation sites excluding steroid dienone is 2. The van der Waals surface area contributed by atoms with Gasteiger partial charge in [0.1, 0.15) is 11.7 Å². The molecule has 2 heterocycles. The van der Waals surface area contributed by atoms with Crippen molar-refractivity contribution >= 4 is 17.5 Å². The summed E-state index contributed by atoms with van der Waals surface area (Å²) < 4.78 is 55.9. The van der Waals surface area contributed by atoms with Gasteiger partial charge in [0.05, 0.1) is 0 Å². The summed E-state index contributed by atoms with van der Waals surface area (Å²) in [4.78, 5) is 9.38. The highest BCUT2D eigenvalue weighted by molar-refractivity contribution is 6.12. The first-order valence-electron chi connectivity index (χ1n) is 8.38. The standard InChI is InChI=1S/C20H14F4N4/c21-15-9-11-16(12-10-15)25-18-27-19(20(22,23)24,14-6-2-1-3-7-14)26-17-8-4-5-13-28(17)18/h1-13H,(H,25,27). The third-order valence-corrected chi connectivity index (χ3v) is 4.28. The molecule has 2 aliphatic heterocycles. The first kappa shape index (κ1) is 18.0. The zero-order valence-electron chi connectivity index (χ0n) is 14.4. The number of hydrogen-bond donors (Lipinski definition) is 1. The lowest BCUT2D eigenvalue weighted by Crippen LogP contribution is -2.50. The van der Waals surface area contributed by atoms with Crippen LogP contribution in [-0.2, 0) is 5.66 Å². The Bertz CT molecular complexity index is 991. The molecule has 142 valence electrons. The van der Waals surface area contributed by atoms with E-state index in [-0.39, 0.29) is 17.4 Å². The number of hydrogen-bond acceptors (Lipinski definition) is 4. The van der Waals surface area contributed by atoms with Crippen molar-refractivity contribution in [3.8, 4) is 0 Å². The van der Waals surface area contributed by atoms with Crippen LogP contribution in [0.25, 0.3) is 0 Å². The molecule has 2 aliphatic rings. The molecule has 1 atom stereocenters. The van der Waals surface area contributed by atoms with Crippen LogP contribution in [0.2, 0.25) is 0 Å². The molecule has 1 unspecified atom stereocenters. The van der Waals surface area contributed by atoms with Crippen molar-refractivity contribution in [3.63, 3.8) is 0 Å². The lowest BCUT2D eigenvalue weighted by molar-refractivity contribution is -0.186. The second-order valence-corrected chi connectivity index (χ2v) is 6.14. The molecule has 4 rings (SSSR count). The number of nitrogens with zero attached hydrogens (tertiary/aromatic N) is 3. The molecule has 8 heteroatoms. The van der Waals surface area contributed by atoms with Crippen LogP contribution in [0.4, 0.5) is 23.2 Å². The minimum atomic E-state index is -4.78. The quantitative estimate of drug-likeness (QED) is 0.753. The molecular formula is C20H14F4N4. The predicted octanol–water partition coefficient (Wildman–Crippen LogP) is 4.81. The van der Waals surface area contributed by atoms with E-state index in [4.69, 9.17) is 0 Å². The van der Waals surface area contributed by atoms with Gasteiger partial charge < -0.3 is 5.32 Å². The molecule has 1 N–H and O–H groups in total. The molecule has 0 saturated heterocycles. The van der Waals surface area contributed by atoms with Gasteiger partial charge in [-0.2, -0.15) is 13.2 Å². The molecule has 0 radical (unpaired) electrons. The van der Waals surface area contributed by atoms with Crippen LogP contribution in [0.3, 0.4) is 0 Å². The van der Waals surface area contributed by atoms with Gasteiger partial charge in [-0.1, -0.05) is 36.4 Å². The largest absolute Gasteiger partial charge is 0.438 e. The zero-order valence-corrected chi connectivity index (χ0v) is 14.4. The summed E-state index contributed by atoms with van der Waals surface area (Å²) in [6, 6.07) is 12.6. The van der Waals surface area contributed by atoms with Gasteiger partial charge in [-0.25, -0.2) is 14.4 Å². The van der Waals surface area contributed by atoms with Crippen LogP contribution in [0.15, 0.2) is 89.0 Å². The average molecular weight is 386 g/mol. The fourth-order valence-corrected chi connectivity index (χ4v) is 2.94. The lowest BCUT2D eigenvalue weighted by Gasteiger charge is -2.37.